The number of carboxylic acid groups (broad SMARTS) is 1. The van der Waals surface area contributed by atoms with Crippen LogP contribution in [0.1, 0.15) is 22.8 Å². The van der Waals surface area contributed by atoms with E-state index in [-0.39, 0.29) is 47.2 Å². The fraction of sp³-hybridized carbons (Fsp3) is 0.125. The Balaban J connectivity index is 1.61. The molecule has 5 rings (SSSR count). The van der Waals surface area contributed by atoms with E-state index in [1.165, 1.54) is 22.8 Å². The smallest absolute Gasteiger partial charge is 0.337 e. The fourth-order valence-electron chi connectivity index (χ4n) is 4.05. The largest absolute Gasteiger partial charge is 0.478 e. The van der Waals surface area contributed by atoms with Gasteiger partial charge in [0, 0.05) is 5.56 Å². The lowest BCUT2D eigenvalue weighted by atomic mass is 9.97. The molecule has 2 heterocycles. The SMILES string of the molecule is CCOc1nc2cccc(C(=O)O)c2n1Cc1cc(F)c(-c2ccccc2-c2nn[nH]n2)c(F)c1. The van der Waals surface area contributed by atoms with Crippen molar-refractivity contribution in [3.8, 4) is 28.5 Å². The number of ether oxygens (including phenoxy) is 1. The number of nitrogens with one attached hydrogen (secondary N) is 1. The van der Waals surface area contributed by atoms with Crippen molar-refractivity contribution in [2.75, 3.05) is 6.61 Å². The molecule has 35 heavy (non-hydrogen) atoms. The fourth-order valence-corrected chi connectivity index (χ4v) is 4.05. The van der Waals surface area contributed by atoms with Crippen molar-refractivity contribution < 1.29 is 23.4 Å². The Labute approximate surface area is 197 Å². The van der Waals surface area contributed by atoms with Crippen molar-refractivity contribution in [2.45, 2.75) is 13.5 Å². The zero-order chi connectivity index (χ0) is 24.5. The van der Waals surface area contributed by atoms with Crippen molar-refractivity contribution in [2.24, 2.45) is 0 Å². The van der Waals surface area contributed by atoms with Gasteiger partial charge in [-0.15, -0.1) is 10.2 Å². The van der Waals surface area contributed by atoms with E-state index in [0.717, 1.165) is 0 Å². The zero-order valence-corrected chi connectivity index (χ0v) is 18.4. The number of hydrogen-bond donors (Lipinski definition) is 2. The summed E-state index contributed by atoms with van der Waals surface area (Å²) in [5.41, 5.74) is 1.43. The first kappa shape index (κ1) is 22.1. The molecule has 11 heteroatoms. The molecule has 0 saturated carbocycles. The molecule has 0 unspecified atom stereocenters. The summed E-state index contributed by atoms with van der Waals surface area (Å²) in [5, 5.41) is 23.3. The van der Waals surface area contributed by atoms with E-state index in [4.69, 9.17) is 4.74 Å². The second kappa shape index (κ2) is 8.93. The van der Waals surface area contributed by atoms with Crippen LogP contribution in [-0.2, 0) is 6.54 Å². The molecule has 0 aliphatic carbocycles. The number of rotatable bonds is 7. The number of hydrogen-bond acceptors (Lipinski definition) is 6. The number of benzene rings is 3. The van der Waals surface area contributed by atoms with Gasteiger partial charge in [-0.05, 0) is 47.5 Å². The number of carbonyl (C=O) groups is 1. The molecular weight excluding hydrogens is 458 g/mol. The minimum absolute atomic E-state index is 0.00700. The van der Waals surface area contributed by atoms with Crippen LogP contribution in [0.25, 0.3) is 33.5 Å². The number of nitrogens with zero attached hydrogens (tertiary/aromatic N) is 5. The number of tetrazole rings is 1. The number of carboxylic acids is 1. The maximum absolute atomic E-state index is 15.4. The highest BCUT2D eigenvalue weighted by Crippen LogP contribution is 2.35. The second-order valence-corrected chi connectivity index (χ2v) is 7.61. The van der Waals surface area contributed by atoms with E-state index in [9.17, 15) is 9.90 Å². The summed E-state index contributed by atoms with van der Waals surface area (Å²) in [6.07, 6.45) is 0. The molecule has 0 aliphatic rings. The van der Waals surface area contributed by atoms with Crippen LogP contribution in [0.5, 0.6) is 6.01 Å². The third-order valence-electron chi connectivity index (χ3n) is 5.46. The summed E-state index contributed by atoms with van der Waals surface area (Å²) in [6.45, 7) is 1.98. The van der Waals surface area contributed by atoms with Gasteiger partial charge in [-0.3, -0.25) is 4.57 Å². The highest BCUT2D eigenvalue weighted by molar-refractivity contribution is 6.01. The van der Waals surface area contributed by atoms with Crippen molar-refractivity contribution >= 4 is 17.0 Å². The van der Waals surface area contributed by atoms with E-state index in [1.807, 2.05) is 0 Å². The first-order valence-electron chi connectivity index (χ1n) is 10.6. The topological polar surface area (TPSA) is 119 Å². The normalized spacial score (nSPS) is 11.2. The van der Waals surface area contributed by atoms with Gasteiger partial charge in [0.15, 0.2) is 0 Å². The van der Waals surface area contributed by atoms with Crippen LogP contribution in [0.4, 0.5) is 8.78 Å². The molecule has 0 aliphatic heterocycles. The first-order chi connectivity index (χ1) is 17.0. The highest BCUT2D eigenvalue weighted by Gasteiger charge is 2.22. The minimum Gasteiger partial charge on any atom is -0.478 e. The van der Waals surface area contributed by atoms with Gasteiger partial charge in [-0.1, -0.05) is 30.3 Å². The molecule has 0 amide bonds. The number of para-hydroxylation sites is 1. The maximum atomic E-state index is 15.4. The van der Waals surface area contributed by atoms with Crippen molar-refractivity contribution in [1.82, 2.24) is 30.2 Å². The van der Waals surface area contributed by atoms with Gasteiger partial charge in [0.05, 0.1) is 35.3 Å². The maximum Gasteiger partial charge on any atom is 0.337 e. The van der Waals surface area contributed by atoms with Gasteiger partial charge in [0.1, 0.15) is 11.6 Å². The van der Waals surface area contributed by atoms with E-state index in [0.29, 0.717) is 16.6 Å². The number of aromatic amines is 1. The predicted molar refractivity (Wildman–Crippen MR) is 122 cm³/mol. The summed E-state index contributed by atoms with van der Waals surface area (Å²) in [7, 11) is 0. The number of fused-ring (bicyclic) bond motifs is 1. The van der Waals surface area contributed by atoms with Crippen LogP contribution >= 0.6 is 0 Å². The Morgan fingerprint density at radius 2 is 1.83 bits per heavy atom. The lowest BCUT2D eigenvalue weighted by Crippen LogP contribution is -2.08. The molecule has 2 N–H and O–H groups in total. The summed E-state index contributed by atoms with van der Waals surface area (Å²) in [6, 6.07) is 13.8. The Hall–Kier alpha value is -4.67. The Kier molecular flexibility index (Phi) is 5.65. The van der Waals surface area contributed by atoms with Crippen molar-refractivity contribution in [1.29, 1.82) is 0 Å². The molecular formula is C24H18F2N6O3. The van der Waals surface area contributed by atoms with Crippen LogP contribution in [0, 0.1) is 11.6 Å². The molecule has 9 nitrogen and oxygen atoms in total. The summed E-state index contributed by atoms with van der Waals surface area (Å²) in [5.74, 6) is -2.53. The Morgan fingerprint density at radius 1 is 1.09 bits per heavy atom. The van der Waals surface area contributed by atoms with E-state index in [1.54, 1.807) is 43.3 Å². The molecule has 3 aromatic carbocycles. The molecule has 176 valence electrons. The molecule has 0 fully saturated rings. The van der Waals surface area contributed by atoms with Crippen LogP contribution < -0.4 is 4.74 Å². The van der Waals surface area contributed by atoms with Crippen molar-refractivity contribution in [3.05, 3.63) is 77.4 Å². The Morgan fingerprint density at radius 3 is 2.49 bits per heavy atom. The third-order valence-corrected chi connectivity index (χ3v) is 5.46. The molecule has 0 saturated heterocycles. The van der Waals surface area contributed by atoms with Crippen molar-refractivity contribution in [3.63, 3.8) is 0 Å². The van der Waals surface area contributed by atoms with Gasteiger partial charge in [-0.2, -0.15) is 10.2 Å². The van der Waals surface area contributed by atoms with Crippen LogP contribution in [0.2, 0.25) is 0 Å². The second-order valence-electron chi connectivity index (χ2n) is 7.61. The van der Waals surface area contributed by atoms with Crippen LogP contribution in [0.3, 0.4) is 0 Å². The average Bonchev–Trinajstić information content (AvgIpc) is 3.48. The quantitative estimate of drug-likeness (QED) is 0.359. The standard InChI is InChI=1S/C24H18F2N6O3/c1-2-35-24-27-19-9-5-8-16(23(33)34)21(19)32(24)12-13-10-17(25)20(18(26)11-13)14-6-3-4-7-15(14)22-28-30-31-29-22/h3-11H,2,12H2,1H3,(H,33,34)(H,28,29,30,31). The summed E-state index contributed by atoms with van der Waals surface area (Å²) < 4.78 is 37.8. The van der Waals surface area contributed by atoms with Gasteiger partial charge >= 0.3 is 5.97 Å². The van der Waals surface area contributed by atoms with Crippen LogP contribution in [0.15, 0.2) is 54.6 Å². The lowest BCUT2D eigenvalue weighted by molar-refractivity contribution is 0.0698. The number of halogens is 2. The van der Waals surface area contributed by atoms with E-state index >= 15 is 8.78 Å². The summed E-state index contributed by atoms with van der Waals surface area (Å²) in [4.78, 5) is 16.2. The monoisotopic (exact) mass is 476 g/mol. The molecule has 0 spiro atoms. The number of aromatic nitrogens is 6. The zero-order valence-electron chi connectivity index (χ0n) is 18.4. The summed E-state index contributed by atoms with van der Waals surface area (Å²) >= 11 is 0. The molecule has 5 aromatic rings. The van der Waals surface area contributed by atoms with E-state index < -0.39 is 17.6 Å². The molecule has 2 aromatic heterocycles. The molecule has 0 atom stereocenters. The Bertz CT molecular complexity index is 1530. The number of imidazole rings is 1. The van der Waals surface area contributed by atoms with Crippen LogP contribution in [-0.4, -0.2) is 47.9 Å². The van der Waals surface area contributed by atoms with E-state index in [2.05, 4.69) is 25.6 Å². The molecule has 0 bridgehead atoms. The van der Waals surface area contributed by atoms with Gasteiger partial charge in [-0.25, -0.2) is 13.6 Å². The lowest BCUT2D eigenvalue weighted by Gasteiger charge is -2.13. The van der Waals surface area contributed by atoms with Gasteiger partial charge in [0.25, 0.3) is 6.01 Å². The predicted octanol–water partition coefficient (Wildman–Crippen LogP) is 4.31. The van der Waals surface area contributed by atoms with Gasteiger partial charge in [0.2, 0.25) is 5.82 Å². The van der Waals surface area contributed by atoms with Gasteiger partial charge < -0.3 is 9.84 Å². The number of H-pyrrole nitrogens is 1. The highest BCUT2D eigenvalue weighted by atomic mass is 19.1. The minimum atomic E-state index is -1.15. The number of aromatic carboxylic acids is 1. The average molecular weight is 476 g/mol. The molecule has 0 radical (unpaired) electrons. The third kappa shape index (κ3) is 3.97. The first-order valence-corrected chi connectivity index (χ1v) is 10.6.